The van der Waals surface area contributed by atoms with E-state index >= 15 is 0 Å². The second-order valence-corrected chi connectivity index (χ2v) is 4.45. The maximum absolute atomic E-state index is 5.53. The molecule has 0 N–H and O–H groups in total. The second-order valence-electron chi connectivity index (χ2n) is 1.95. The van der Waals surface area contributed by atoms with E-state index in [0.29, 0.717) is 0 Å². The molecule has 2 nitrogen and oxygen atoms in total. The van der Waals surface area contributed by atoms with Crippen LogP contribution in [-0.4, -0.2) is 21.0 Å². The third-order valence-electron chi connectivity index (χ3n) is 1.09. The largest absolute Gasteiger partial charge is 0.216 e. The van der Waals surface area contributed by atoms with Crippen LogP contribution in [0.15, 0.2) is 10.7 Å². The highest BCUT2D eigenvalue weighted by atomic mass is 35.5. The van der Waals surface area contributed by atoms with Crippen molar-refractivity contribution in [2.75, 3.05) is 11.6 Å². The SMILES string of the molecule is ClCCCCSc1ncns1. The predicted molar refractivity (Wildman–Crippen MR) is 50.6 cm³/mol. The van der Waals surface area contributed by atoms with Gasteiger partial charge in [-0.1, -0.05) is 11.8 Å². The molecule has 11 heavy (non-hydrogen) atoms. The Morgan fingerprint density at radius 3 is 3.09 bits per heavy atom. The summed E-state index contributed by atoms with van der Waals surface area (Å²) in [5, 5.41) is 0. The molecule has 0 atom stereocenters. The first-order valence-corrected chi connectivity index (χ1v) is 5.68. The average Bonchev–Trinajstić information content (AvgIpc) is 2.50. The van der Waals surface area contributed by atoms with E-state index in [1.807, 2.05) is 0 Å². The number of hydrogen-bond acceptors (Lipinski definition) is 4. The van der Waals surface area contributed by atoms with Gasteiger partial charge >= 0.3 is 0 Å². The maximum Gasteiger partial charge on any atom is 0.169 e. The first kappa shape index (κ1) is 9.29. The lowest BCUT2D eigenvalue weighted by molar-refractivity contribution is 0.902. The Hall–Kier alpha value is 0.200. The fraction of sp³-hybridized carbons (Fsp3) is 0.667. The molecule has 0 amide bonds. The van der Waals surface area contributed by atoms with Gasteiger partial charge in [-0.15, -0.1) is 11.6 Å². The van der Waals surface area contributed by atoms with Crippen LogP contribution in [0, 0.1) is 0 Å². The predicted octanol–water partition coefficient (Wildman–Crippen LogP) is 2.65. The van der Waals surface area contributed by atoms with Crippen molar-refractivity contribution in [1.29, 1.82) is 0 Å². The molecule has 1 heterocycles. The van der Waals surface area contributed by atoms with E-state index in [1.165, 1.54) is 11.5 Å². The summed E-state index contributed by atoms with van der Waals surface area (Å²) in [6.45, 7) is 0. The van der Waals surface area contributed by atoms with Crippen molar-refractivity contribution in [1.82, 2.24) is 9.36 Å². The number of alkyl halides is 1. The van der Waals surface area contributed by atoms with Crippen molar-refractivity contribution in [3.05, 3.63) is 6.33 Å². The summed E-state index contributed by atoms with van der Waals surface area (Å²) >= 11 is 8.73. The summed E-state index contributed by atoms with van der Waals surface area (Å²) in [5.41, 5.74) is 0. The number of nitrogens with zero attached hydrogens (tertiary/aromatic N) is 2. The lowest BCUT2D eigenvalue weighted by Gasteiger charge is -1.93. The van der Waals surface area contributed by atoms with Crippen molar-refractivity contribution in [2.45, 2.75) is 17.2 Å². The van der Waals surface area contributed by atoms with Gasteiger partial charge < -0.3 is 0 Å². The lowest BCUT2D eigenvalue weighted by Crippen LogP contribution is -1.80. The molecule has 0 unspecified atom stereocenters. The number of rotatable bonds is 5. The number of thioether (sulfide) groups is 1. The van der Waals surface area contributed by atoms with Crippen LogP contribution < -0.4 is 0 Å². The summed E-state index contributed by atoms with van der Waals surface area (Å²) in [7, 11) is 0. The van der Waals surface area contributed by atoms with Gasteiger partial charge in [0.1, 0.15) is 6.33 Å². The van der Waals surface area contributed by atoms with Crippen molar-refractivity contribution in [2.24, 2.45) is 0 Å². The van der Waals surface area contributed by atoms with E-state index in [-0.39, 0.29) is 0 Å². The van der Waals surface area contributed by atoms with Gasteiger partial charge in [0.2, 0.25) is 0 Å². The molecule has 0 bridgehead atoms. The summed E-state index contributed by atoms with van der Waals surface area (Å²) in [5.74, 6) is 1.86. The molecule has 0 aliphatic carbocycles. The van der Waals surface area contributed by atoms with Crippen molar-refractivity contribution >= 4 is 34.9 Å². The topological polar surface area (TPSA) is 25.8 Å². The van der Waals surface area contributed by atoms with E-state index in [4.69, 9.17) is 11.6 Å². The molecule has 62 valence electrons. The number of aromatic nitrogens is 2. The molecule has 1 aromatic heterocycles. The van der Waals surface area contributed by atoms with Gasteiger partial charge in [0.15, 0.2) is 4.34 Å². The minimum Gasteiger partial charge on any atom is -0.216 e. The number of unbranched alkanes of at least 4 members (excludes halogenated alkanes) is 1. The molecule has 0 fully saturated rings. The molecular weight excluding hydrogens is 200 g/mol. The lowest BCUT2D eigenvalue weighted by atomic mass is 10.4. The molecule has 0 spiro atoms. The van der Waals surface area contributed by atoms with Gasteiger partial charge in [-0.2, -0.15) is 4.37 Å². The zero-order valence-electron chi connectivity index (χ0n) is 5.99. The Labute approximate surface area is 79.5 Å². The first-order chi connectivity index (χ1) is 5.43. The van der Waals surface area contributed by atoms with Crippen LogP contribution in [-0.2, 0) is 0 Å². The minimum atomic E-state index is 0.761. The van der Waals surface area contributed by atoms with Crippen LogP contribution in [0.1, 0.15) is 12.8 Å². The molecular formula is C6H9ClN2S2. The molecule has 0 saturated heterocycles. The summed E-state index contributed by atoms with van der Waals surface area (Å²) in [6, 6.07) is 0. The van der Waals surface area contributed by atoms with Crippen LogP contribution >= 0.6 is 34.9 Å². The highest BCUT2D eigenvalue weighted by molar-refractivity contribution is 8.00. The number of hydrogen-bond donors (Lipinski definition) is 0. The van der Waals surface area contributed by atoms with Crippen molar-refractivity contribution < 1.29 is 0 Å². The molecule has 0 aliphatic rings. The van der Waals surface area contributed by atoms with Gasteiger partial charge in [0, 0.05) is 11.6 Å². The fourth-order valence-corrected chi connectivity index (χ4v) is 2.28. The molecule has 1 aromatic rings. The average molecular weight is 209 g/mol. The summed E-state index contributed by atoms with van der Waals surface area (Å²) in [6.07, 6.45) is 3.84. The Morgan fingerprint density at radius 2 is 2.45 bits per heavy atom. The molecule has 5 heteroatoms. The maximum atomic E-state index is 5.53. The van der Waals surface area contributed by atoms with Crippen LogP contribution in [0.25, 0.3) is 0 Å². The highest BCUT2D eigenvalue weighted by Crippen LogP contribution is 2.19. The Morgan fingerprint density at radius 1 is 1.55 bits per heavy atom. The Bertz CT molecular complexity index is 179. The quantitative estimate of drug-likeness (QED) is 0.423. The zero-order valence-corrected chi connectivity index (χ0v) is 8.38. The van der Waals surface area contributed by atoms with E-state index in [9.17, 15) is 0 Å². The third kappa shape index (κ3) is 3.94. The zero-order chi connectivity index (χ0) is 7.94. The van der Waals surface area contributed by atoms with Crippen LogP contribution in [0.3, 0.4) is 0 Å². The van der Waals surface area contributed by atoms with Crippen molar-refractivity contribution in [3.8, 4) is 0 Å². The summed E-state index contributed by atoms with van der Waals surface area (Å²) < 4.78 is 4.96. The third-order valence-corrected chi connectivity index (χ3v) is 3.25. The smallest absolute Gasteiger partial charge is 0.169 e. The van der Waals surface area contributed by atoms with Crippen LogP contribution in [0.4, 0.5) is 0 Å². The van der Waals surface area contributed by atoms with Crippen LogP contribution in [0.5, 0.6) is 0 Å². The molecule has 0 aliphatic heterocycles. The molecule has 1 rings (SSSR count). The van der Waals surface area contributed by atoms with E-state index in [0.717, 1.165) is 28.8 Å². The monoisotopic (exact) mass is 208 g/mol. The van der Waals surface area contributed by atoms with Gasteiger partial charge in [-0.3, -0.25) is 0 Å². The van der Waals surface area contributed by atoms with Gasteiger partial charge in [-0.05, 0) is 24.4 Å². The van der Waals surface area contributed by atoms with E-state index in [1.54, 1.807) is 18.1 Å². The van der Waals surface area contributed by atoms with Gasteiger partial charge in [0.05, 0.1) is 0 Å². The summed E-state index contributed by atoms with van der Waals surface area (Å²) in [4.78, 5) is 4.05. The van der Waals surface area contributed by atoms with Gasteiger partial charge in [-0.25, -0.2) is 4.98 Å². The van der Waals surface area contributed by atoms with E-state index in [2.05, 4.69) is 9.36 Å². The van der Waals surface area contributed by atoms with Gasteiger partial charge in [0.25, 0.3) is 0 Å². The molecule has 0 aromatic carbocycles. The first-order valence-electron chi connectivity index (χ1n) is 3.39. The standard InChI is InChI=1S/C6H9ClN2S2/c7-3-1-2-4-10-6-8-5-9-11-6/h5H,1-4H2. The minimum absolute atomic E-state index is 0.761. The van der Waals surface area contributed by atoms with E-state index < -0.39 is 0 Å². The second kappa shape index (κ2) is 5.80. The fourth-order valence-electron chi connectivity index (χ4n) is 0.583. The Kier molecular flexibility index (Phi) is 4.90. The molecule has 0 radical (unpaired) electrons. The normalized spacial score (nSPS) is 10.3. The highest BCUT2D eigenvalue weighted by Gasteiger charge is 1.95. The Balaban J connectivity index is 2.04. The number of halogens is 1. The van der Waals surface area contributed by atoms with Crippen molar-refractivity contribution in [3.63, 3.8) is 0 Å². The molecule has 0 saturated carbocycles. The van der Waals surface area contributed by atoms with Crippen LogP contribution in [0.2, 0.25) is 0 Å².